The molecule has 1 aliphatic heterocycles. The molecule has 35 heavy (non-hydrogen) atoms. The topological polar surface area (TPSA) is 13.1 Å². The third-order valence-corrected chi connectivity index (χ3v) is 9.57. The largest absolute Gasteiger partial charge is 0.455 e. The van der Waals surface area contributed by atoms with Crippen LogP contribution in [0.4, 0.5) is 0 Å². The Bertz CT molecular complexity index is 1450. The molecule has 0 bridgehead atoms. The third kappa shape index (κ3) is 3.33. The maximum absolute atomic E-state index is 6.92. The fraction of sp³-hybridized carbons (Fsp3) is 0.424. The van der Waals surface area contributed by atoms with E-state index in [0.717, 1.165) is 17.9 Å². The summed E-state index contributed by atoms with van der Waals surface area (Å²) in [4.78, 5) is 0. The minimum absolute atomic E-state index is 0.562. The van der Waals surface area contributed by atoms with Crippen LogP contribution in [-0.2, 0) is 13.5 Å². The van der Waals surface area contributed by atoms with Crippen molar-refractivity contribution < 1.29 is 9.30 Å². The molecule has 6 rings (SSSR count). The predicted molar refractivity (Wildman–Crippen MR) is 146 cm³/mol. The van der Waals surface area contributed by atoms with E-state index in [1.165, 1.54) is 88.0 Å². The maximum atomic E-state index is 6.92. The second-order valence-corrected chi connectivity index (χ2v) is 11.0. The number of nitrogens with zero attached hydrogens (tertiary/aromatic N) is 1. The highest BCUT2D eigenvalue weighted by Gasteiger charge is 2.35. The summed E-state index contributed by atoms with van der Waals surface area (Å²) in [5.41, 5.74) is 7.22. The van der Waals surface area contributed by atoms with Gasteiger partial charge in [-0.05, 0) is 83.7 Å². The van der Waals surface area contributed by atoms with Gasteiger partial charge in [-0.15, -0.1) is 0 Å². The summed E-state index contributed by atoms with van der Waals surface area (Å²) >= 11 is 0. The van der Waals surface area contributed by atoms with Crippen molar-refractivity contribution in [2.45, 2.75) is 78.6 Å². The molecule has 2 heteroatoms. The normalized spacial score (nSPS) is 16.9. The molecule has 3 aromatic carbocycles. The van der Waals surface area contributed by atoms with Gasteiger partial charge in [0.05, 0.1) is 10.9 Å². The van der Waals surface area contributed by atoms with Gasteiger partial charge in [-0.2, -0.15) is 0 Å². The lowest BCUT2D eigenvalue weighted by atomic mass is 9.66. The average Bonchev–Trinajstić information content (AvgIpc) is 2.90. The monoisotopic (exact) mass is 464 g/mol. The summed E-state index contributed by atoms with van der Waals surface area (Å²) in [6.45, 7) is 9.28. The highest BCUT2D eigenvalue weighted by molar-refractivity contribution is 6.06. The summed E-state index contributed by atoms with van der Waals surface area (Å²) in [6, 6.07) is 16.0. The van der Waals surface area contributed by atoms with Crippen LogP contribution in [0.5, 0.6) is 11.5 Å². The molecule has 1 fully saturated rings. The van der Waals surface area contributed by atoms with E-state index in [-0.39, 0.29) is 0 Å². The molecule has 0 radical (unpaired) electrons. The first kappa shape index (κ1) is 22.6. The standard InChI is InChI=1S/C33H38NO/c1-6-25-27-12-10-9-11-26(27)21(4)29-31-30-23(15-18-34(31)5)19-24(20-28(30)35-32(25)29)22-13-16-33(7-2,8-3)17-14-22/h9-12,15,18-20,22H,6-8,13-14,16-17H2,1-5H3/q+1. The van der Waals surface area contributed by atoms with Gasteiger partial charge in [-0.3, -0.25) is 0 Å². The molecule has 2 aliphatic rings. The first-order chi connectivity index (χ1) is 17.0. The molecule has 1 aliphatic carbocycles. The molecule has 0 amide bonds. The Hall–Kier alpha value is -2.87. The van der Waals surface area contributed by atoms with E-state index in [9.17, 15) is 0 Å². The van der Waals surface area contributed by atoms with Gasteiger partial charge in [0.15, 0.2) is 6.20 Å². The van der Waals surface area contributed by atoms with Crippen LogP contribution >= 0.6 is 0 Å². The van der Waals surface area contributed by atoms with Crippen LogP contribution in [0.2, 0.25) is 0 Å². The van der Waals surface area contributed by atoms with Crippen LogP contribution in [-0.4, -0.2) is 0 Å². The number of aryl methyl sites for hydroxylation is 3. The summed E-state index contributed by atoms with van der Waals surface area (Å²) in [5, 5.41) is 5.23. The maximum Gasteiger partial charge on any atom is 0.228 e. The summed E-state index contributed by atoms with van der Waals surface area (Å²) in [6.07, 6.45) is 11.1. The van der Waals surface area contributed by atoms with Crippen molar-refractivity contribution >= 4 is 21.5 Å². The smallest absolute Gasteiger partial charge is 0.228 e. The first-order valence-corrected chi connectivity index (χ1v) is 13.7. The van der Waals surface area contributed by atoms with Crippen molar-refractivity contribution in [3.8, 4) is 22.8 Å². The van der Waals surface area contributed by atoms with Crippen LogP contribution in [0.3, 0.4) is 0 Å². The van der Waals surface area contributed by atoms with Gasteiger partial charge < -0.3 is 4.74 Å². The molecule has 4 aromatic rings. The van der Waals surface area contributed by atoms with Gasteiger partial charge in [0.1, 0.15) is 18.5 Å². The second-order valence-electron chi connectivity index (χ2n) is 11.0. The number of fused-ring (bicyclic) bond motifs is 3. The zero-order valence-corrected chi connectivity index (χ0v) is 22.0. The van der Waals surface area contributed by atoms with E-state index in [1.807, 2.05) is 0 Å². The number of ether oxygens (including phenoxy) is 1. The number of rotatable bonds is 4. The third-order valence-electron chi connectivity index (χ3n) is 9.57. The molecule has 2 nitrogen and oxygen atoms in total. The number of benzene rings is 3. The van der Waals surface area contributed by atoms with Crippen molar-refractivity contribution in [1.82, 2.24) is 0 Å². The number of hydrogen-bond donors (Lipinski definition) is 0. The Morgan fingerprint density at radius 3 is 2.37 bits per heavy atom. The zero-order chi connectivity index (χ0) is 24.3. The van der Waals surface area contributed by atoms with Gasteiger partial charge in [0.2, 0.25) is 5.69 Å². The predicted octanol–water partition coefficient (Wildman–Crippen LogP) is 8.93. The number of pyridine rings is 1. The highest BCUT2D eigenvalue weighted by Crippen LogP contribution is 2.53. The Morgan fingerprint density at radius 1 is 0.971 bits per heavy atom. The Labute approximate surface area is 209 Å². The van der Waals surface area contributed by atoms with Gasteiger partial charge in [-0.25, -0.2) is 4.57 Å². The highest BCUT2D eigenvalue weighted by atomic mass is 16.5. The zero-order valence-electron chi connectivity index (χ0n) is 22.0. The fourth-order valence-electron chi connectivity index (χ4n) is 7.14. The van der Waals surface area contributed by atoms with Crippen LogP contribution in [0.1, 0.15) is 81.9 Å². The molecular formula is C33H38NO+. The molecule has 0 saturated heterocycles. The number of hydrogen-bond acceptors (Lipinski definition) is 1. The summed E-state index contributed by atoms with van der Waals surface area (Å²) in [5.74, 6) is 2.74. The van der Waals surface area contributed by atoms with Gasteiger partial charge in [0.25, 0.3) is 0 Å². The Kier molecular flexibility index (Phi) is 5.40. The van der Waals surface area contributed by atoms with Crippen molar-refractivity contribution in [3.05, 3.63) is 65.4 Å². The van der Waals surface area contributed by atoms with Crippen molar-refractivity contribution in [3.63, 3.8) is 0 Å². The quantitative estimate of drug-likeness (QED) is 0.242. The molecule has 0 N–H and O–H groups in total. The molecule has 180 valence electrons. The van der Waals surface area contributed by atoms with Gasteiger partial charge in [0, 0.05) is 11.6 Å². The van der Waals surface area contributed by atoms with E-state index < -0.39 is 0 Å². The molecule has 0 spiro atoms. The molecule has 0 unspecified atom stereocenters. The lowest BCUT2D eigenvalue weighted by Crippen LogP contribution is -2.32. The average molecular weight is 465 g/mol. The minimum Gasteiger partial charge on any atom is -0.455 e. The lowest BCUT2D eigenvalue weighted by Gasteiger charge is -2.39. The van der Waals surface area contributed by atoms with Gasteiger partial charge >= 0.3 is 0 Å². The SMILES string of the molecule is CCc1c2c(c(C)c3ccccc13)-c1c3c(cc(C4CCC(CC)(CC)CC4)cc3cc[n+]1C)O2. The van der Waals surface area contributed by atoms with E-state index in [0.29, 0.717) is 11.3 Å². The van der Waals surface area contributed by atoms with E-state index >= 15 is 0 Å². The first-order valence-electron chi connectivity index (χ1n) is 13.7. The van der Waals surface area contributed by atoms with Crippen LogP contribution < -0.4 is 9.30 Å². The van der Waals surface area contributed by atoms with Crippen molar-refractivity contribution in [2.75, 3.05) is 0 Å². The van der Waals surface area contributed by atoms with Crippen molar-refractivity contribution in [1.29, 1.82) is 0 Å². The molecule has 1 saturated carbocycles. The summed E-state index contributed by atoms with van der Waals surface area (Å²) in [7, 11) is 2.18. The van der Waals surface area contributed by atoms with Crippen LogP contribution in [0.25, 0.3) is 32.8 Å². The number of aromatic nitrogens is 1. The minimum atomic E-state index is 0.562. The molecular weight excluding hydrogens is 426 g/mol. The molecule has 1 aromatic heterocycles. The van der Waals surface area contributed by atoms with E-state index in [2.05, 4.69) is 88.0 Å². The van der Waals surface area contributed by atoms with E-state index in [4.69, 9.17) is 4.74 Å². The van der Waals surface area contributed by atoms with Gasteiger partial charge in [-0.1, -0.05) is 63.9 Å². The lowest BCUT2D eigenvalue weighted by molar-refractivity contribution is -0.659. The van der Waals surface area contributed by atoms with Crippen molar-refractivity contribution in [2.24, 2.45) is 12.5 Å². The Balaban J connectivity index is 1.54. The summed E-state index contributed by atoms with van der Waals surface area (Å²) < 4.78 is 9.21. The molecule has 2 heterocycles. The van der Waals surface area contributed by atoms with Crippen LogP contribution in [0, 0.1) is 12.3 Å². The fourth-order valence-corrected chi connectivity index (χ4v) is 7.14. The Morgan fingerprint density at radius 2 is 1.69 bits per heavy atom. The van der Waals surface area contributed by atoms with Crippen LogP contribution in [0.15, 0.2) is 48.7 Å². The van der Waals surface area contributed by atoms with E-state index in [1.54, 1.807) is 0 Å². The second kappa shape index (κ2) is 8.36. The molecule has 0 atom stereocenters.